The summed E-state index contributed by atoms with van der Waals surface area (Å²) >= 11 is 0. The first-order chi connectivity index (χ1) is 10.3. The third-order valence-electron chi connectivity index (χ3n) is 3.92. The van der Waals surface area contributed by atoms with E-state index in [-0.39, 0.29) is 6.04 Å². The number of rotatable bonds is 8. The molecule has 0 radical (unpaired) electrons. The topological polar surface area (TPSA) is 39.7 Å². The van der Waals surface area contributed by atoms with Crippen molar-refractivity contribution in [3.8, 4) is 5.75 Å². The number of likely N-dealkylation sites (N-methyl/N-ethyl adjacent to an activating group) is 1. The minimum absolute atomic E-state index is 0.160. The molecule has 0 aromatic heterocycles. The maximum Gasteiger partial charge on any atom is 0.124 e. The molecule has 1 unspecified atom stereocenters. The average Bonchev–Trinajstić information content (AvgIpc) is 2.54. The van der Waals surface area contributed by atoms with Gasteiger partial charge in [0.1, 0.15) is 5.75 Å². The summed E-state index contributed by atoms with van der Waals surface area (Å²) in [6.07, 6.45) is 2.22. The maximum absolute atomic E-state index is 5.94. The zero-order valence-corrected chi connectivity index (χ0v) is 13.1. The second-order valence-electron chi connectivity index (χ2n) is 5.41. The molecular formula is C17H27NO3. The Balaban J connectivity index is 1.87. The van der Waals surface area contributed by atoms with Crippen LogP contribution in [0.5, 0.6) is 5.75 Å². The Labute approximate surface area is 127 Å². The van der Waals surface area contributed by atoms with E-state index in [4.69, 9.17) is 14.2 Å². The van der Waals surface area contributed by atoms with Gasteiger partial charge in [-0.25, -0.2) is 0 Å². The van der Waals surface area contributed by atoms with Crippen molar-refractivity contribution >= 4 is 0 Å². The lowest BCUT2D eigenvalue weighted by Crippen LogP contribution is -2.26. The van der Waals surface area contributed by atoms with Crippen molar-refractivity contribution in [3.63, 3.8) is 0 Å². The van der Waals surface area contributed by atoms with Crippen LogP contribution in [-0.4, -0.2) is 40.1 Å². The standard InChI is InChI=1S/C17H27NO3/c1-3-21-17-7-5-4-6-15(17)16(18-2)13-20-12-14-8-10-19-11-9-14/h4-7,14,16,18H,3,8-13H2,1-2H3. The minimum atomic E-state index is 0.160. The lowest BCUT2D eigenvalue weighted by atomic mass is 10.0. The first kappa shape index (κ1) is 16.3. The highest BCUT2D eigenvalue weighted by atomic mass is 16.5. The molecule has 4 nitrogen and oxygen atoms in total. The SMILES string of the molecule is CCOc1ccccc1C(COCC1CCOCC1)NC. The van der Waals surface area contributed by atoms with Gasteiger partial charge in [0.15, 0.2) is 0 Å². The molecule has 1 atom stereocenters. The molecular weight excluding hydrogens is 266 g/mol. The Morgan fingerprint density at radius 3 is 2.76 bits per heavy atom. The molecule has 1 N–H and O–H groups in total. The monoisotopic (exact) mass is 293 g/mol. The summed E-state index contributed by atoms with van der Waals surface area (Å²) < 4.78 is 17.0. The Morgan fingerprint density at radius 1 is 1.29 bits per heavy atom. The largest absolute Gasteiger partial charge is 0.494 e. The molecule has 4 heteroatoms. The second-order valence-corrected chi connectivity index (χ2v) is 5.41. The van der Waals surface area contributed by atoms with Gasteiger partial charge in [0.05, 0.1) is 19.3 Å². The van der Waals surface area contributed by atoms with E-state index >= 15 is 0 Å². The lowest BCUT2D eigenvalue weighted by molar-refractivity contribution is 0.0154. The molecule has 0 amide bonds. The van der Waals surface area contributed by atoms with Crippen molar-refractivity contribution in [2.75, 3.05) is 40.1 Å². The predicted molar refractivity (Wildman–Crippen MR) is 83.8 cm³/mol. The number of benzene rings is 1. The van der Waals surface area contributed by atoms with Gasteiger partial charge >= 0.3 is 0 Å². The van der Waals surface area contributed by atoms with Crippen LogP contribution in [0.25, 0.3) is 0 Å². The molecule has 2 rings (SSSR count). The van der Waals surface area contributed by atoms with Crippen LogP contribution in [0, 0.1) is 5.92 Å². The van der Waals surface area contributed by atoms with Crippen molar-refractivity contribution in [1.82, 2.24) is 5.32 Å². The molecule has 0 spiro atoms. The first-order valence-electron chi connectivity index (χ1n) is 7.89. The van der Waals surface area contributed by atoms with E-state index in [1.54, 1.807) is 0 Å². The predicted octanol–water partition coefficient (Wildman–Crippen LogP) is 2.79. The summed E-state index contributed by atoms with van der Waals surface area (Å²) in [4.78, 5) is 0. The number of hydrogen-bond donors (Lipinski definition) is 1. The van der Waals surface area contributed by atoms with Gasteiger partial charge in [0, 0.05) is 25.4 Å². The average molecular weight is 293 g/mol. The van der Waals surface area contributed by atoms with Gasteiger partial charge in [-0.1, -0.05) is 18.2 Å². The summed E-state index contributed by atoms with van der Waals surface area (Å²) in [6.45, 7) is 5.91. The van der Waals surface area contributed by atoms with E-state index in [0.29, 0.717) is 19.1 Å². The van der Waals surface area contributed by atoms with Crippen molar-refractivity contribution in [1.29, 1.82) is 0 Å². The van der Waals surface area contributed by atoms with Crippen molar-refractivity contribution in [2.45, 2.75) is 25.8 Å². The summed E-state index contributed by atoms with van der Waals surface area (Å²) in [5, 5.41) is 3.33. The van der Waals surface area contributed by atoms with Gasteiger partial charge in [-0.3, -0.25) is 0 Å². The Kier molecular flexibility index (Phi) is 7.00. The maximum atomic E-state index is 5.94. The molecule has 1 aliphatic rings. The molecule has 0 bridgehead atoms. The van der Waals surface area contributed by atoms with Crippen LogP contribution in [0.15, 0.2) is 24.3 Å². The highest BCUT2D eigenvalue weighted by Crippen LogP contribution is 2.25. The molecule has 1 aromatic carbocycles. The third kappa shape index (κ3) is 4.99. The van der Waals surface area contributed by atoms with Crippen LogP contribution in [0.1, 0.15) is 31.4 Å². The van der Waals surface area contributed by atoms with Crippen LogP contribution < -0.4 is 10.1 Å². The van der Waals surface area contributed by atoms with Gasteiger partial charge in [0.2, 0.25) is 0 Å². The van der Waals surface area contributed by atoms with Crippen LogP contribution in [0.2, 0.25) is 0 Å². The number of hydrogen-bond acceptors (Lipinski definition) is 4. The normalized spacial score (nSPS) is 17.6. The molecule has 21 heavy (non-hydrogen) atoms. The zero-order chi connectivity index (χ0) is 14.9. The molecule has 1 aliphatic heterocycles. The fraction of sp³-hybridized carbons (Fsp3) is 0.647. The molecule has 0 saturated carbocycles. The summed E-state index contributed by atoms with van der Waals surface area (Å²) in [5.41, 5.74) is 1.16. The molecule has 0 aliphatic carbocycles. The molecule has 1 fully saturated rings. The Bertz CT molecular complexity index is 405. The van der Waals surface area contributed by atoms with E-state index in [1.165, 1.54) is 0 Å². The third-order valence-corrected chi connectivity index (χ3v) is 3.92. The first-order valence-corrected chi connectivity index (χ1v) is 7.89. The van der Waals surface area contributed by atoms with Gasteiger partial charge < -0.3 is 19.5 Å². The van der Waals surface area contributed by atoms with Crippen molar-refractivity contribution < 1.29 is 14.2 Å². The summed E-state index contributed by atoms with van der Waals surface area (Å²) in [6, 6.07) is 8.32. The van der Waals surface area contributed by atoms with E-state index in [1.807, 2.05) is 32.2 Å². The van der Waals surface area contributed by atoms with Crippen LogP contribution in [0.3, 0.4) is 0 Å². The van der Waals surface area contributed by atoms with E-state index in [2.05, 4.69) is 11.4 Å². The van der Waals surface area contributed by atoms with Gasteiger partial charge in [-0.15, -0.1) is 0 Å². The second kappa shape index (κ2) is 9.03. The van der Waals surface area contributed by atoms with Crippen LogP contribution in [0.4, 0.5) is 0 Å². The molecule has 1 heterocycles. The van der Waals surface area contributed by atoms with Crippen LogP contribution in [-0.2, 0) is 9.47 Å². The smallest absolute Gasteiger partial charge is 0.124 e. The highest BCUT2D eigenvalue weighted by Gasteiger charge is 2.17. The molecule has 1 aromatic rings. The van der Waals surface area contributed by atoms with Crippen LogP contribution >= 0.6 is 0 Å². The zero-order valence-electron chi connectivity index (χ0n) is 13.1. The molecule has 118 valence electrons. The van der Waals surface area contributed by atoms with E-state index < -0.39 is 0 Å². The fourth-order valence-electron chi connectivity index (χ4n) is 2.65. The number of nitrogens with one attached hydrogen (secondary N) is 1. The highest BCUT2D eigenvalue weighted by molar-refractivity contribution is 5.36. The van der Waals surface area contributed by atoms with Gasteiger partial charge in [-0.05, 0) is 38.8 Å². The van der Waals surface area contributed by atoms with Gasteiger partial charge in [-0.2, -0.15) is 0 Å². The van der Waals surface area contributed by atoms with Gasteiger partial charge in [0.25, 0.3) is 0 Å². The number of ether oxygens (including phenoxy) is 3. The Hall–Kier alpha value is -1.10. The summed E-state index contributed by atoms with van der Waals surface area (Å²) in [5.74, 6) is 1.58. The summed E-state index contributed by atoms with van der Waals surface area (Å²) in [7, 11) is 1.96. The lowest BCUT2D eigenvalue weighted by Gasteiger charge is -2.24. The quantitative estimate of drug-likeness (QED) is 0.800. The number of para-hydroxylation sites is 1. The molecule has 1 saturated heterocycles. The van der Waals surface area contributed by atoms with E-state index in [9.17, 15) is 0 Å². The van der Waals surface area contributed by atoms with Crippen molar-refractivity contribution in [3.05, 3.63) is 29.8 Å². The van der Waals surface area contributed by atoms with E-state index in [0.717, 1.165) is 44.0 Å². The van der Waals surface area contributed by atoms with Crippen molar-refractivity contribution in [2.24, 2.45) is 5.92 Å². The minimum Gasteiger partial charge on any atom is -0.494 e. The Morgan fingerprint density at radius 2 is 2.05 bits per heavy atom. The fourth-order valence-corrected chi connectivity index (χ4v) is 2.65.